The maximum Gasteiger partial charge on any atom is 0.173 e. The van der Waals surface area contributed by atoms with Crippen LogP contribution in [-0.4, -0.2) is 51.3 Å². The number of piperazine rings is 1. The maximum atomic E-state index is 4.41. The molecule has 27 heavy (non-hydrogen) atoms. The summed E-state index contributed by atoms with van der Waals surface area (Å²) in [6.45, 7) is 8.18. The third-order valence-corrected chi connectivity index (χ3v) is 5.17. The molecule has 0 amide bonds. The average molecular weight is 362 g/mol. The smallest absolute Gasteiger partial charge is 0.173 e. The van der Waals surface area contributed by atoms with Crippen LogP contribution in [0.4, 0.5) is 5.69 Å². The SMILES string of the molecule is CC(C)n1nnnc1C(c1ccccc1)N1CCN(c2ccccc2)CC1. The van der Waals surface area contributed by atoms with Gasteiger partial charge in [0, 0.05) is 31.9 Å². The number of tetrazole rings is 1. The number of anilines is 1. The van der Waals surface area contributed by atoms with Crippen molar-refractivity contribution in [2.24, 2.45) is 0 Å². The van der Waals surface area contributed by atoms with Crippen molar-refractivity contribution in [2.45, 2.75) is 25.9 Å². The van der Waals surface area contributed by atoms with Crippen molar-refractivity contribution in [1.29, 1.82) is 0 Å². The van der Waals surface area contributed by atoms with E-state index in [-0.39, 0.29) is 12.1 Å². The Bertz CT molecular complexity index is 837. The molecule has 2 aromatic carbocycles. The predicted octanol–water partition coefficient (Wildman–Crippen LogP) is 3.17. The zero-order valence-electron chi connectivity index (χ0n) is 15.9. The molecule has 1 aliphatic heterocycles. The summed E-state index contributed by atoms with van der Waals surface area (Å²) in [5, 5.41) is 12.6. The number of benzene rings is 2. The lowest BCUT2D eigenvalue weighted by molar-refractivity contribution is 0.199. The van der Waals surface area contributed by atoms with Crippen LogP contribution >= 0.6 is 0 Å². The molecule has 1 aliphatic rings. The first-order valence-electron chi connectivity index (χ1n) is 9.61. The van der Waals surface area contributed by atoms with Gasteiger partial charge in [-0.25, -0.2) is 4.68 Å². The molecule has 0 aliphatic carbocycles. The van der Waals surface area contributed by atoms with Crippen molar-refractivity contribution in [2.75, 3.05) is 31.1 Å². The molecule has 1 fully saturated rings. The van der Waals surface area contributed by atoms with E-state index in [4.69, 9.17) is 0 Å². The van der Waals surface area contributed by atoms with Crippen LogP contribution in [0.15, 0.2) is 60.7 Å². The van der Waals surface area contributed by atoms with E-state index in [9.17, 15) is 0 Å². The number of hydrogen-bond acceptors (Lipinski definition) is 5. The van der Waals surface area contributed by atoms with Crippen LogP contribution in [0, 0.1) is 0 Å². The van der Waals surface area contributed by atoms with Crippen molar-refractivity contribution in [3.63, 3.8) is 0 Å². The molecular weight excluding hydrogens is 336 g/mol. The van der Waals surface area contributed by atoms with E-state index < -0.39 is 0 Å². The molecule has 0 radical (unpaired) electrons. The summed E-state index contributed by atoms with van der Waals surface area (Å²) in [5.41, 5.74) is 2.53. The van der Waals surface area contributed by atoms with Crippen LogP contribution in [0.2, 0.25) is 0 Å². The van der Waals surface area contributed by atoms with Crippen LogP contribution in [-0.2, 0) is 0 Å². The third-order valence-electron chi connectivity index (χ3n) is 5.17. The van der Waals surface area contributed by atoms with Gasteiger partial charge >= 0.3 is 0 Å². The molecule has 140 valence electrons. The van der Waals surface area contributed by atoms with Crippen LogP contribution in [0.5, 0.6) is 0 Å². The normalized spacial score (nSPS) is 16.6. The van der Waals surface area contributed by atoms with Crippen LogP contribution < -0.4 is 4.90 Å². The van der Waals surface area contributed by atoms with Gasteiger partial charge in [0.05, 0.1) is 12.1 Å². The molecule has 4 rings (SSSR count). The Morgan fingerprint density at radius 2 is 1.44 bits per heavy atom. The molecule has 6 heteroatoms. The van der Waals surface area contributed by atoms with Crippen molar-refractivity contribution in [3.05, 3.63) is 72.1 Å². The minimum Gasteiger partial charge on any atom is -0.369 e. The van der Waals surface area contributed by atoms with E-state index in [1.165, 1.54) is 11.3 Å². The van der Waals surface area contributed by atoms with E-state index in [0.717, 1.165) is 32.0 Å². The minimum atomic E-state index is 0.0709. The van der Waals surface area contributed by atoms with Gasteiger partial charge in [-0.15, -0.1) is 5.10 Å². The standard InChI is InChI=1S/C21H26N6/c1-17(2)27-21(22-23-24-27)20(18-9-5-3-6-10-18)26-15-13-25(14-16-26)19-11-7-4-8-12-19/h3-12,17,20H,13-16H2,1-2H3. The first-order valence-corrected chi connectivity index (χ1v) is 9.61. The minimum absolute atomic E-state index is 0.0709. The quantitative estimate of drug-likeness (QED) is 0.698. The summed E-state index contributed by atoms with van der Waals surface area (Å²) in [6.07, 6.45) is 0. The van der Waals surface area contributed by atoms with E-state index in [1.54, 1.807) is 0 Å². The molecule has 0 spiro atoms. The van der Waals surface area contributed by atoms with Crippen LogP contribution in [0.1, 0.15) is 37.3 Å². The summed E-state index contributed by atoms with van der Waals surface area (Å²) in [6, 6.07) is 21.5. The van der Waals surface area contributed by atoms with Gasteiger partial charge in [0.2, 0.25) is 0 Å². The van der Waals surface area contributed by atoms with Gasteiger partial charge in [0.25, 0.3) is 0 Å². The molecule has 1 unspecified atom stereocenters. The fraction of sp³-hybridized carbons (Fsp3) is 0.381. The summed E-state index contributed by atoms with van der Waals surface area (Å²) < 4.78 is 1.95. The Kier molecular flexibility index (Phi) is 5.16. The Morgan fingerprint density at radius 1 is 0.815 bits per heavy atom. The first-order chi connectivity index (χ1) is 13.2. The van der Waals surface area contributed by atoms with E-state index in [0.29, 0.717) is 0 Å². The summed E-state index contributed by atoms with van der Waals surface area (Å²) in [7, 11) is 0. The summed E-state index contributed by atoms with van der Waals surface area (Å²) in [5.74, 6) is 0.921. The first kappa shape index (κ1) is 17.7. The van der Waals surface area contributed by atoms with Gasteiger partial charge in [0.15, 0.2) is 5.82 Å². The highest BCUT2D eigenvalue weighted by molar-refractivity contribution is 5.46. The number of rotatable bonds is 5. The molecule has 1 atom stereocenters. The van der Waals surface area contributed by atoms with Gasteiger partial charge in [0.1, 0.15) is 0 Å². The molecule has 0 saturated carbocycles. The molecule has 0 bridgehead atoms. The zero-order valence-corrected chi connectivity index (χ0v) is 15.9. The molecule has 3 aromatic rings. The molecule has 1 aromatic heterocycles. The Balaban J connectivity index is 1.60. The second-order valence-corrected chi connectivity index (χ2v) is 7.25. The van der Waals surface area contributed by atoms with Gasteiger partial charge < -0.3 is 4.90 Å². The average Bonchev–Trinajstić information content (AvgIpc) is 3.20. The Labute approximate surface area is 160 Å². The number of para-hydroxylation sites is 1. The molecular formula is C21H26N6. The van der Waals surface area contributed by atoms with Gasteiger partial charge in [-0.3, -0.25) is 4.90 Å². The highest BCUT2D eigenvalue weighted by atomic mass is 15.6. The maximum absolute atomic E-state index is 4.41. The zero-order chi connectivity index (χ0) is 18.6. The van der Waals surface area contributed by atoms with Crippen molar-refractivity contribution >= 4 is 5.69 Å². The van der Waals surface area contributed by atoms with E-state index in [2.05, 4.69) is 99.8 Å². The summed E-state index contributed by atoms with van der Waals surface area (Å²) >= 11 is 0. The van der Waals surface area contributed by atoms with Crippen LogP contribution in [0.25, 0.3) is 0 Å². The molecule has 0 N–H and O–H groups in total. The Hall–Kier alpha value is -2.73. The number of hydrogen-bond donors (Lipinski definition) is 0. The lowest BCUT2D eigenvalue weighted by Crippen LogP contribution is -2.48. The Morgan fingerprint density at radius 3 is 2.07 bits per heavy atom. The van der Waals surface area contributed by atoms with Crippen molar-refractivity contribution < 1.29 is 0 Å². The lowest BCUT2D eigenvalue weighted by Gasteiger charge is -2.40. The monoisotopic (exact) mass is 362 g/mol. The van der Waals surface area contributed by atoms with E-state index >= 15 is 0 Å². The fourth-order valence-electron chi connectivity index (χ4n) is 3.78. The largest absolute Gasteiger partial charge is 0.369 e. The second-order valence-electron chi connectivity index (χ2n) is 7.25. The fourth-order valence-corrected chi connectivity index (χ4v) is 3.78. The topological polar surface area (TPSA) is 50.1 Å². The predicted molar refractivity (Wildman–Crippen MR) is 107 cm³/mol. The van der Waals surface area contributed by atoms with Gasteiger partial charge in [-0.05, 0) is 42.0 Å². The number of aromatic nitrogens is 4. The van der Waals surface area contributed by atoms with E-state index in [1.807, 2.05) is 4.68 Å². The van der Waals surface area contributed by atoms with Crippen molar-refractivity contribution in [1.82, 2.24) is 25.1 Å². The third kappa shape index (κ3) is 3.71. The molecule has 2 heterocycles. The van der Waals surface area contributed by atoms with Gasteiger partial charge in [-0.2, -0.15) is 0 Å². The number of nitrogens with zero attached hydrogens (tertiary/aromatic N) is 6. The van der Waals surface area contributed by atoms with Gasteiger partial charge in [-0.1, -0.05) is 48.5 Å². The molecule has 6 nitrogen and oxygen atoms in total. The lowest BCUT2D eigenvalue weighted by atomic mass is 10.0. The highest BCUT2D eigenvalue weighted by Gasteiger charge is 2.31. The summed E-state index contributed by atoms with van der Waals surface area (Å²) in [4.78, 5) is 4.95. The van der Waals surface area contributed by atoms with Crippen molar-refractivity contribution in [3.8, 4) is 0 Å². The highest BCUT2D eigenvalue weighted by Crippen LogP contribution is 2.29. The molecule has 1 saturated heterocycles. The second kappa shape index (κ2) is 7.88. The van der Waals surface area contributed by atoms with Crippen LogP contribution in [0.3, 0.4) is 0 Å².